The Morgan fingerprint density at radius 2 is 2.31 bits per heavy atom. The van der Waals surface area contributed by atoms with Gasteiger partial charge in [0, 0.05) is 37.4 Å². The van der Waals surface area contributed by atoms with Gasteiger partial charge in [0.2, 0.25) is 0 Å². The van der Waals surface area contributed by atoms with Crippen molar-refractivity contribution in [3.63, 3.8) is 0 Å². The van der Waals surface area contributed by atoms with Crippen LogP contribution in [-0.2, 0) is 6.54 Å². The third-order valence-corrected chi connectivity index (χ3v) is 2.72. The lowest BCUT2D eigenvalue weighted by atomic mass is 10.2. The molecular formula is C12H19N3O. The molecule has 0 spiro atoms. The fraction of sp³-hybridized carbons (Fsp3) is 0.583. The molecular weight excluding hydrogens is 202 g/mol. The lowest BCUT2D eigenvalue weighted by molar-refractivity contribution is 0.405. The molecule has 16 heavy (non-hydrogen) atoms. The van der Waals surface area contributed by atoms with Crippen molar-refractivity contribution in [2.45, 2.75) is 25.4 Å². The van der Waals surface area contributed by atoms with Crippen molar-refractivity contribution in [3.8, 4) is 5.75 Å². The molecule has 2 rings (SSSR count). The molecule has 0 amide bonds. The minimum absolute atomic E-state index is 0.789. The highest BCUT2D eigenvalue weighted by Crippen LogP contribution is 2.18. The zero-order chi connectivity index (χ0) is 11.2. The number of nitrogens with zero attached hydrogens (tertiary/aromatic N) is 1. The Morgan fingerprint density at radius 1 is 1.44 bits per heavy atom. The molecule has 0 saturated heterocycles. The quantitative estimate of drug-likeness (QED) is 0.672. The average molecular weight is 221 g/mol. The number of aromatic nitrogens is 1. The van der Waals surface area contributed by atoms with Gasteiger partial charge in [0.1, 0.15) is 5.75 Å². The van der Waals surface area contributed by atoms with Crippen LogP contribution < -0.4 is 15.4 Å². The van der Waals surface area contributed by atoms with Crippen LogP contribution >= 0.6 is 0 Å². The molecule has 1 fully saturated rings. The predicted octanol–water partition coefficient (Wildman–Crippen LogP) is 0.932. The van der Waals surface area contributed by atoms with Crippen LogP contribution in [0.2, 0.25) is 0 Å². The number of hydrogen-bond acceptors (Lipinski definition) is 4. The first-order valence-corrected chi connectivity index (χ1v) is 5.81. The molecule has 1 aromatic rings. The number of nitrogens with one attached hydrogen (secondary N) is 2. The van der Waals surface area contributed by atoms with Crippen molar-refractivity contribution in [1.82, 2.24) is 15.6 Å². The number of hydrogen-bond donors (Lipinski definition) is 2. The van der Waals surface area contributed by atoms with Gasteiger partial charge >= 0.3 is 0 Å². The topological polar surface area (TPSA) is 46.2 Å². The second-order valence-corrected chi connectivity index (χ2v) is 4.09. The summed E-state index contributed by atoms with van der Waals surface area (Å²) in [5, 5.41) is 6.85. The summed E-state index contributed by atoms with van der Waals surface area (Å²) in [5.74, 6) is 0.852. The summed E-state index contributed by atoms with van der Waals surface area (Å²) < 4.78 is 5.23. The Labute approximate surface area is 96.4 Å². The molecule has 1 heterocycles. The van der Waals surface area contributed by atoms with Gasteiger partial charge in [-0.25, -0.2) is 0 Å². The maximum atomic E-state index is 5.23. The van der Waals surface area contributed by atoms with Crippen molar-refractivity contribution in [2.24, 2.45) is 0 Å². The van der Waals surface area contributed by atoms with E-state index in [0.717, 1.165) is 37.0 Å². The van der Waals surface area contributed by atoms with E-state index >= 15 is 0 Å². The van der Waals surface area contributed by atoms with E-state index in [0.29, 0.717) is 0 Å². The Morgan fingerprint density at radius 3 is 3.06 bits per heavy atom. The van der Waals surface area contributed by atoms with Crippen LogP contribution in [0.25, 0.3) is 0 Å². The lowest BCUT2D eigenvalue weighted by Gasteiger charge is -2.09. The van der Waals surface area contributed by atoms with E-state index in [1.54, 1.807) is 19.5 Å². The fourth-order valence-corrected chi connectivity index (χ4v) is 1.61. The van der Waals surface area contributed by atoms with Crippen LogP contribution in [0.3, 0.4) is 0 Å². The van der Waals surface area contributed by atoms with Gasteiger partial charge in [0.15, 0.2) is 0 Å². The maximum Gasteiger partial charge on any atom is 0.141 e. The highest BCUT2D eigenvalue weighted by molar-refractivity contribution is 5.29. The van der Waals surface area contributed by atoms with Gasteiger partial charge in [0.25, 0.3) is 0 Å². The van der Waals surface area contributed by atoms with Gasteiger partial charge < -0.3 is 15.4 Å². The average Bonchev–Trinajstić information content (AvgIpc) is 3.13. The smallest absolute Gasteiger partial charge is 0.141 e. The first-order valence-electron chi connectivity index (χ1n) is 5.81. The third kappa shape index (κ3) is 3.47. The van der Waals surface area contributed by atoms with Crippen LogP contribution in [0, 0.1) is 0 Å². The molecule has 0 unspecified atom stereocenters. The Kier molecular flexibility index (Phi) is 4.13. The van der Waals surface area contributed by atoms with Crippen LogP contribution in [0.5, 0.6) is 5.75 Å². The van der Waals surface area contributed by atoms with Crippen molar-refractivity contribution in [1.29, 1.82) is 0 Å². The van der Waals surface area contributed by atoms with E-state index < -0.39 is 0 Å². The number of methoxy groups -OCH3 is 1. The largest absolute Gasteiger partial charge is 0.495 e. The molecule has 1 aliphatic carbocycles. The minimum atomic E-state index is 0.789. The van der Waals surface area contributed by atoms with Gasteiger partial charge in [-0.15, -0.1) is 0 Å². The summed E-state index contributed by atoms with van der Waals surface area (Å²) in [4.78, 5) is 4.03. The number of pyridine rings is 1. The second-order valence-electron chi connectivity index (χ2n) is 4.09. The van der Waals surface area contributed by atoms with E-state index in [1.807, 2.05) is 6.07 Å². The number of rotatable bonds is 7. The molecule has 0 atom stereocenters. The van der Waals surface area contributed by atoms with Crippen LogP contribution in [0.4, 0.5) is 0 Å². The van der Waals surface area contributed by atoms with Gasteiger partial charge in [0.05, 0.1) is 13.3 Å². The molecule has 4 heteroatoms. The molecule has 1 saturated carbocycles. The molecule has 4 nitrogen and oxygen atoms in total. The highest BCUT2D eigenvalue weighted by atomic mass is 16.5. The Hall–Kier alpha value is -1.13. The first-order chi connectivity index (χ1) is 7.90. The highest BCUT2D eigenvalue weighted by Gasteiger charge is 2.19. The molecule has 88 valence electrons. The molecule has 0 aromatic carbocycles. The van der Waals surface area contributed by atoms with Crippen molar-refractivity contribution >= 4 is 0 Å². The molecule has 0 radical (unpaired) electrons. The zero-order valence-electron chi connectivity index (χ0n) is 9.70. The first kappa shape index (κ1) is 11.4. The van der Waals surface area contributed by atoms with Crippen molar-refractivity contribution in [2.75, 3.05) is 20.2 Å². The van der Waals surface area contributed by atoms with Gasteiger partial charge in [-0.2, -0.15) is 0 Å². The van der Waals surface area contributed by atoms with Crippen molar-refractivity contribution in [3.05, 3.63) is 24.0 Å². The van der Waals surface area contributed by atoms with E-state index in [4.69, 9.17) is 4.74 Å². The number of ether oxygens (including phenoxy) is 1. The van der Waals surface area contributed by atoms with Gasteiger partial charge in [-0.3, -0.25) is 4.98 Å². The van der Waals surface area contributed by atoms with Crippen molar-refractivity contribution < 1.29 is 4.74 Å². The summed E-state index contributed by atoms with van der Waals surface area (Å²) in [6.07, 6.45) is 6.23. The summed E-state index contributed by atoms with van der Waals surface area (Å²) >= 11 is 0. The predicted molar refractivity (Wildman–Crippen MR) is 63.5 cm³/mol. The monoisotopic (exact) mass is 221 g/mol. The summed E-state index contributed by atoms with van der Waals surface area (Å²) in [6.45, 7) is 2.86. The Bertz CT molecular complexity index is 326. The van der Waals surface area contributed by atoms with E-state index in [9.17, 15) is 0 Å². The SMILES string of the molecule is COc1cnccc1CNCCNC1CC1. The van der Waals surface area contributed by atoms with E-state index in [2.05, 4.69) is 15.6 Å². The molecule has 0 bridgehead atoms. The molecule has 0 aliphatic heterocycles. The molecule has 1 aliphatic rings. The lowest BCUT2D eigenvalue weighted by Crippen LogP contribution is -2.28. The van der Waals surface area contributed by atoms with Gasteiger partial charge in [-0.05, 0) is 18.9 Å². The second kappa shape index (κ2) is 5.82. The maximum absolute atomic E-state index is 5.23. The third-order valence-electron chi connectivity index (χ3n) is 2.72. The van der Waals surface area contributed by atoms with Crippen LogP contribution in [0.1, 0.15) is 18.4 Å². The summed E-state index contributed by atoms with van der Waals surface area (Å²) in [5.41, 5.74) is 1.16. The van der Waals surface area contributed by atoms with Crippen LogP contribution in [-0.4, -0.2) is 31.2 Å². The summed E-state index contributed by atoms with van der Waals surface area (Å²) in [7, 11) is 1.68. The van der Waals surface area contributed by atoms with E-state index in [-0.39, 0.29) is 0 Å². The Balaban J connectivity index is 1.67. The van der Waals surface area contributed by atoms with Crippen LogP contribution in [0.15, 0.2) is 18.5 Å². The van der Waals surface area contributed by atoms with Gasteiger partial charge in [-0.1, -0.05) is 0 Å². The standard InChI is InChI=1S/C12H19N3O/c1-16-12-9-13-5-4-10(12)8-14-6-7-15-11-2-3-11/h4-5,9,11,14-15H,2-3,6-8H2,1H3. The normalized spacial score (nSPS) is 15.1. The summed E-state index contributed by atoms with van der Waals surface area (Å²) in [6, 6.07) is 2.78. The van der Waals surface area contributed by atoms with E-state index in [1.165, 1.54) is 12.8 Å². The molecule has 2 N–H and O–H groups in total. The molecule has 1 aromatic heterocycles. The zero-order valence-corrected chi connectivity index (χ0v) is 9.70. The minimum Gasteiger partial charge on any atom is -0.495 e. The fourth-order valence-electron chi connectivity index (χ4n) is 1.61.